The van der Waals surface area contributed by atoms with Crippen LogP contribution in [0.3, 0.4) is 0 Å². The van der Waals surface area contributed by atoms with Crippen LogP contribution in [0.15, 0.2) is 42.7 Å². The molecule has 0 aliphatic rings. The van der Waals surface area contributed by atoms with Crippen molar-refractivity contribution in [1.29, 1.82) is 0 Å². The highest BCUT2D eigenvalue weighted by Gasteiger charge is 2.10. The molecule has 17 heavy (non-hydrogen) atoms. The number of aryl methyl sites for hydroxylation is 1. The molecule has 4 nitrogen and oxygen atoms in total. The minimum atomic E-state index is -0.0153. The summed E-state index contributed by atoms with van der Waals surface area (Å²) in [6.07, 6.45) is 4.39. The number of rotatable bonds is 5. The third-order valence-electron chi connectivity index (χ3n) is 2.70. The first kappa shape index (κ1) is 11.7. The molecule has 4 heteroatoms. The number of benzene rings is 1. The SMILES string of the molecule is Cn1ccnc1NC(CO)Cc1ccccc1. The molecule has 2 aromatic rings. The number of aliphatic hydroxyl groups is 1. The number of aromatic nitrogens is 2. The summed E-state index contributed by atoms with van der Waals surface area (Å²) in [4.78, 5) is 4.19. The van der Waals surface area contributed by atoms with Gasteiger partial charge in [-0.3, -0.25) is 0 Å². The van der Waals surface area contributed by atoms with E-state index in [0.29, 0.717) is 0 Å². The fourth-order valence-corrected chi connectivity index (χ4v) is 1.75. The standard InChI is InChI=1S/C13H17N3O/c1-16-8-7-14-13(16)15-12(10-17)9-11-5-3-2-4-6-11/h2-8,12,17H,9-10H2,1H3,(H,14,15). The van der Waals surface area contributed by atoms with E-state index in [0.717, 1.165) is 12.4 Å². The summed E-state index contributed by atoms with van der Waals surface area (Å²) in [6, 6.07) is 10.1. The van der Waals surface area contributed by atoms with Crippen molar-refractivity contribution in [3.05, 3.63) is 48.3 Å². The third-order valence-corrected chi connectivity index (χ3v) is 2.70. The molecule has 90 valence electrons. The van der Waals surface area contributed by atoms with E-state index in [9.17, 15) is 5.11 Å². The van der Waals surface area contributed by atoms with E-state index >= 15 is 0 Å². The molecule has 1 aromatic carbocycles. The van der Waals surface area contributed by atoms with Crippen molar-refractivity contribution in [3.63, 3.8) is 0 Å². The summed E-state index contributed by atoms with van der Waals surface area (Å²) in [7, 11) is 1.92. The molecule has 0 amide bonds. The summed E-state index contributed by atoms with van der Waals surface area (Å²) in [5, 5.41) is 12.6. The molecule has 1 unspecified atom stereocenters. The van der Waals surface area contributed by atoms with Crippen molar-refractivity contribution in [2.45, 2.75) is 12.5 Å². The Kier molecular flexibility index (Phi) is 3.77. The summed E-state index contributed by atoms with van der Waals surface area (Å²) >= 11 is 0. The maximum absolute atomic E-state index is 9.38. The Morgan fingerprint density at radius 1 is 1.35 bits per heavy atom. The summed E-state index contributed by atoms with van der Waals surface area (Å²) in [5.74, 6) is 0.778. The van der Waals surface area contributed by atoms with Crippen molar-refractivity contribution in [3.8, 4) is 0 Å². The van der Waals surface area contributed by atoms with E-state index in [2.05, 4.69) is 22.4 Å². The van der Waals surface area contributed by atoms with Crippen LogP contribution in [0, 0.1) is 0 Å². The first-order valence-corrected chi connectivity index (χ1v) is 5.68. The quantitative estimate of drug-likeness (QED) is 0.818. The molecule has 0 aliphatic carbocycles. The summed E-state index contributed by atoms with van der Waals surface area (Å²) < 4.78 is 1.90. The average molecular weight is 231 g/mol. The molecule has 0 fully saturated rings. The minimum Gasteiger partial charge on any atom is -0.394 e. The predicted octanol–water partition coefficient (Wildman–Crippen LogP) is 1.44. The Morgan fingerprint density at radius 2 is 2.12 bits per heavy atom. The third kappa shape index (κ3) is 3.07. The molecule has 1 heterocycles. The van der Waals surface area contributed by atoms with Crippen LogP contribution < -0.4 is 5.32 Å². The number of nitrogens with zero attached hydrogens (tertiary/aromatic N) is 2. The number of anilines is 1. The molecule has 0 radical (unpaired) electrons. The first-order valence-electron chi connectivity index (χ1n) is 5.68. The van der Waals surface area contributed by atoms with Gasteiger partial charge in [-0.05, 0) is 12.0 Å². The van der Waals surface area contributed by atoms with Crippen LogP contribution in [0.25, 0.3) is 0 Å². The largest absolute Gasteiger partial charge is 0.394 e. The molecule has 2 N–H and O–H groups in total. The Labute approximate surface area is 101 Å². The lowest BCUT2D eigenvalue weighted by atomic mass is 10.1. The molecule has 0 spiro atoms. The normalized spacial score (nSPS) is 12.4. The maximum Gasteiger partial charge on any atom is 0.202 e. The zero-order chi connectivity index (χ0) is 12.1. The van der Waals surface area contributed by atoms with Crippen LogP contribution in [0.2, 0.25) is 0 Å². The van der Waals surface area contributed by atoms with E-state index in [1.807, 2.05) is 36.0 Å². The van der Waals surface area contributed by atoms with Gasteiger partial charge in [0.25, 0.3) is 0 Å². The molecular formula is C13H17N3O. The average Bonchev–Trinajstić information content (AvgIpc) is 2.75. The monoisotopic (exact) mass is 231 g/mol. The maximum atomic E-state index is 9.38. The highest BCUT2D eigenvalue weighted by atomic mass is 16.3. The van der Waals surface area contributed by atoms with Gasteiger partial charge in [-0.15, -0.1) is 0 Å². The van der Waals surface area contributed by atoms with Crippen LogP contribution in [0.5, 0.6) is 0 Å². The molecule has 0 saturated heterocycles. The summed E-state index contributed by atoms with van der Waals surface area (Å²) in [5.41, 5.74) is 1.20. The molecule has 1 atom stereocenters. The van der Waals surface area contributed by atoms with Crippen LogP contribution in [0.4, 0.5) is 5.95 Å². The second-order valence-corrected chi connectivity index (χ2v) is 4.08. The Bertz CT molecular complexity index is 453. The van der Waals surface area contributed by atoms with E-state index in [1.54, 1.807) is 6.20 Å². The molecular weight excluding hydrogens is 214 g/mol. The number of aliphatic hydroxyl groups excluding tert-OH is 1. The van der Waals surface area contributed by atoms with Gasteiger partial charge in [0, 0.05) is 19.4 Å². The van der Waals surface area contributed by atoms with Gasteiger partial charge in [-0.25, -0.2) is 4.98 Å². The van der Waals surface area contributed by atoms with Crippen molar-refractivity contribution in [2.75, 3.05) is 11.9 Å². The Hall–Kier alpha value is -1.81. The van der Waals surface area contributed by atoms with Gasteiger partial charge in [-0.2, -0.15) is 0 Å². The van der Waals surface area contributed by atoms with E-state index in [4.69, 9.17) is 0 Å². The van der Waals surface area contributed by atoms with E-state index in [-0.39, 0.29) is 12.6 Å². The fourth-order valence-electron chi connectivity index (χ4n) is 1.75. The highest BCUT2D eigenvalue weighted by Crippen LogP contribution is 2.08. The Balaban J connectivity index is 2.00. The zero-order valence-electron chi connectivity index (χ0n) is 9.87. The van der Waals surface area contributed by atoms with E-state index in [1.165, 1.54) is 5.56 Å². The number of hydrogen-bond donors (Lipinski definition) is 2. The molecule has 0 bridgehead atoms. The van der Waals surface area contributed by atoms with Crippen molar-refractivity contribution in [2.24, 2.45) is 7.05 Å². The smallest absolute Gasteiger partial charge is 0.202 e. The number of hydrogen-bond acceptors (Lipinski definition) is 3. The van der Waals surface area contributed by atoms with Gasteiger partial charge in [0.15, 0.2) is 0 Å². The highest BCUT2D eigenvalue weighted by molar-refractivity contribution is 5.28. The fraction of sp³-hybridized carbons (Fsp3) is 0.308. The second-order valence-electron chi connectivity index (χ2n) is 4.08. The number of nitrogens with one attached hydrogen (secondary N) is 1. The predicted molar refractivity (Wildman–Crippen MR) is 67.9 cm³/mol. The van der Waals surface area contributed by atoms with Crippen molar-refractivity contribution >= 4 is 5.95 Å². The molecule has 1 aromatic heterocycles. The van der Waals surface area contributed by atoms with Crippen LogP contribution in [-0.2, 0) is 13.5 Å². The summed E-state index contributed by atoms with van der Waals surface area (Å²) in [6.45, 7) is 0.0851. The minimum absolute atomic E-state index is 0.0153. The first-order chi connectivity index (χ1) is 8.29. The molecule has 0 saturated carbocycles. The van der Waals surface area contributed by atoms with Crippen LogP contribution >= 0.6 is 0 Å². The molecule has 2 rings (SSSR count). The topological polar surface area (TPSA) is 50.1 Å². The molecule has 0 aliphatic heterocycles. The van der Waals surface area contributed by atoms with Gasteiger partial charge in [-0.1, -0.05) is 30.3 Å². The lowest BCUT2D eigenvalue weighted by molar-refractivity contribution is 0.273. The Morgan fingerprint density at radius 3 is 2.71 bits per heavy atom. The van der Waals surface area contributed by atoms with Crippen LogP contribution in [0.1, 0.15) is 5.56 Å². The van der Waals surface area contributed by atoms with Gasteiger partial charge >= 0.3 is 0 Å². The lowest BCUT2D eigenvalue weighted by Gasteiger charge is -2.16. The van der Waals surface area contributed by atoms with E-state index < -0.39 is 0 Å². The van der Waals surface area contributed by atoms with Gasteiger partial charge < -0.3 is 15.0 Å². The van der Waals surface area contributed by atoms with Gasteiger partial charge in [0.05, 0.1) is 12.6 Å². The lowest BCUT2D eigenvalue weighted by Crippen LogP contribution is -2.27. The number of imidazole rings is 1. The van der Waals surface area contributed by atoms with Crippen molar-refractivity contribution < 1.29 is 5.11 Å². The van der Waals surface area contributed by atoms with Gasteiger partial charge in [0.2, 0.25) is 5.95 Å². The van der Waals surface area contributed by atoms with Crippen LogP contribution in [-0.4, -0.2) is 27.3 Å². The van der Waals surface area contributed by atoms with Crippen molar-refractivity contribution in [1.82, 2.24) is 9.55 Å². The second kappa shape index (κ2) is 5.50. The van der Waals surface area contributed by atoms with Gasteiger partial charge in [0.1, 0.15) is 0 Å². The zero-order valence-corrected chi connectivity index (χ0v) is 9.87.